The maximum Gasteiger partial charge on any atom is 0.319 e. The predicted molar refractivity (Wildman–Crippen MR) is 101 cm³/mol. The first kappa shape index (κ1) is 16.7. The van der Waals surface area contributed by atoms with Gasteiger partial charge in [0.05, 0.1) is 0 Å². The fourth-order valence-electron chi connectivity index (χ4n) is 2.32. The standard InChI is InChI=1S/C17H17N5O2S/c1-2-19-16(24)22-15-13(14(18)23)21-17(25-15)20-12-8-7-10-5-3-4-6-11(10)9-12/h3-9H,2H2,1H3,(H2,18,23)(H,20,21)(H2,19,22,24). The molecule has 0 spiro atoms. The van der Waals surface area contributed by atoms with Crippen molar-refractivity contribution in [3.8, 4) is 0 Å². The summed E-state index contributed by atoms with van der Waals surface area (Å²) in [5, 5.41) is 11.3. The molecule has 25 heavy (non-hydrogen) atoms. The van der Waals surface area contributed by atoms with E-state index in [1.54, 1.807) is 6.92 Å². The van der Waals surface area contributed by atoms with Crippen molar-refractivity contribution in [2.24, 2.45) is 5.73 Å². The van der Waals surface area contributed by atoms with Gasteiger partial charge in [-0.2, -0.15) is 0 Å². The second-order valence-electron chi connectivity index (χ2n) is 5.23. The van der Waals surface area contributed by atoms with Gasteiger partial charge in [0.15, 0.2) is 10.8 Å². The third-order valence-corrected chi connectivity index (χ3v) is 4.31. The van der Waals surface area contributed by atoms with Gasteiger partial charge in [-0.25, -0.2) is 9.78 Å². The maximum absolute atomic E-state index is 11.7. The molecule has 7 nitrogen and oxygen atoms in total. The lowest BCUT2D eigenvalue weighted by atomic mass is 10.1. The van der Waals surface area contributed by atoms with Crippen LogP contribution in [-0.2, 0) is 0 Å². The molecule has 3 rings (SSSR count). The summed E-state index contributed by atoms with van der Waals surface area (Å²) in [6.45, 7) is 2.27. The summed E-state index contributed by atoms with van der Waals surface area (Å²) in [5.74, 6) is -0.699. The normalized spacial score (nSPS) is 10.4. The number of benzene rings is 2. The minimum Gasteiger partial charge on any atom is -0.364 e. The lowest BCUT2D eigenvalue weighted by Crippen LogP contribution is -2.28. The molecule has 0 aliphatic heterocycles. The van der Waals surface area contributed by atoms with E-state index >= 15 is 0 Å². The highest BCUT2D eigenvalue weighted by molar-refractivity contribution is 7.20. The van der Waals surface area contributed by atoms with Crippen LogP contribution >= 0.6 is 11.3 Å². The lowest BCUT2D eigenvalue weighted by molar-refractivity contribution is 0.0997. The van der Waals surface area contributed by atoms with Crippen LogP contribution in [0.25, 0.3) is 10.8 Å². The zero-order valence-electron chi connectivity index (χ0n) is 13.5. The summed E-state index contributed by atoms with van der Waals surface area (Å²) >= 11 is 1.15. The Bertz CT molecular complexity index is 938. The van der Waals surface area contributed by atoms with Crippen molar-refractivity contribution in [2.45, 2.75) is 6.92 Å². The number of urea groups is 1. The first-order chi connectivity index (χ1) is 12.1. The third-order valence-electron chi connectivity index (χ3n) is 3.43. The molecular weight excluding hydrogens is 338 g/mol. The van der Waals surface area contributed by atoms with E-state index in [0.29, 0.717) is 16.7 Å². The van der Waals surface area contributed by atoms with Crippen LogP contribution in [0.15, 0.2) is 42.5 Å². The molecule has 0 fully saturated rings. The number of nitrogens with two attached hydrogens (primary N) is 1. The van der Waals surface area contributed by atoms with E-state index in [1.807, 2.05) is 42.5 Å². The largest absolute Gasteiger partial charge is 0.364 e. The number of fused-ring (bicyclic) bond motifs is 1. The van der Waals surface area contributed by atoms with E-state index in [9.17, 15) is 9.59 Å². The minimum absolute atomic E-state index is 0.0274. The first-order valence-corrected chi connectivity index (χ1v) is 8.49. The molecule has 5 N–H and O–H groups in total. The van der Waals surface area contributed by atoms with E-state index in [4.69, 9.17) is 5.73 Å². The summed E-state index contributed by atoms with van der Waals surface area (Å²) in [6, 6.07) is 13.5. The summed E-state index contributed by atoms with van der Waals surface area (Å²) in [5.41, 5.74) is 6.21. The van der Waals surface area contributed by atoms with Crippen molar-refractivity contribution in [1.29, 1.82) is 0 Å². The van der Waals surface area contributed by atoms with Crippen molar-refractivity contribution in [2.75, 3.05) is 17.2 Å². The number of aromatic nitrogens is 1. The van der Waals surface area contributed by atoms with Crippen molar-refractivity contribution >= 4 is 49.9 Å². The van der Waals surface area contributed by atoms with Crippen LogP contribution in [0.3, 0.4) is 0 Å². The van der Waals surface area contributed by atoms with Crippen LogP contribution in [-0.4, -0.2) is 23.5 Å². The van der Waals surface area contributed by atoms with Gasteiger partial charge in [-0.15, -0.1) is 0 Å². The van der Waals surface area contributed by atoms with Crippen LogP contribution in [0.5, 0.6) is 0 Å². The van der Waals surface area contributed by atoms with Gasteiger partial charge in [-0.3, -0.25) is 10.1 Å². The smallest absolute Gasteiger partial charge is 0.319 e. The van der Waals surface area contributed by atoms with Gasteiger partial charge < -0.3 is 16.4 Å². The Hall–Kier alpha value is -3.13. The van der Waals surface area contributed by atoms with E-state index in [1.165, 1.54) is 0 Å². The summed E-state index contributed by atoms with van der Waals surface area (Å²) in [6.07, 6.45) is 0. The number of primary amides is 1. The highest BCUT2D eigenvalue weighted by Crippen LogP contribution is 2.31. The number of anilines is 3. The number of hydrogen-bond donors (Lipinski definition) is 4. The van der Waals surface area contributed by atoms with Gasteiger partial charge in [0.2, 0.25) is 0 Å². The average Bonchev–Trinajstić information content (AvgIpc) is 2.97. The van der Waals surface area contributed by atoms with E-state index in [0.717, 1.165) is 27.8 Å². The highest BCUT2D eigenvalue weighted by atomic mass is 32.1. The van der Waals surface area contributed by atoms with Gasteiger partial charge in [0, 0.05) is 12.2 Å². The van der Waals surface area contributed by atoms with Crippen LogP contribution in [0.4, 0.5) is 20.6 Å². The molecule has 128 valence electrons. The fraction of sp³-hybridized carbons (Fsp3) is 0.118. The van der Waals surface area contributed by atoms with Gasteiger partial charge in [-0.05, 0) is 29.8 Å². The average molecular weight is 355 g/mol. The SMILES string of the molecule is CCNC(=O)Nc1sc(Nc2ccc3ccccc3c2)nc1C(N)=O. The zero-order valence-corrected chi connectivity index (χ0v) is 14.3. The molecule has 0 saturated carbocycles. The fourth-order valence-corrected chi connectivity index (χ4v) is 3.21. The Morgan fingerprint density at radius 3 is 2.64 bits per heavy atom. The minimum atomic E-state index is -0.699. The Morgan fingerprint density at radius 2 is 1.92 bits per heavy atom. The second kappa shape index (κ2) is 7.18. The molecule has 1 heterocycles. The Labute approximate surface area is 148 Å². The molecule has 0 unspecified atom stereocenters. The van der Waals surface area contributed by atoms with Crippen molar-refractivity contribution in [3.05, 3.63) is 48.2 Å². The van der Waals surface area contributed by atoms with Crippen LogP contribution in [0.1, 0.15) is 17.4 Å². The molecule has 2 aromatic carbocycles. The molecule has 3 aromatic rings. The maximum atomic E-state index is 11.7. The number of carbonyl (C=O) groups excluding carboxylic acids is 2. The highest BCUT2D eigenvalue weighted by Gasteiger charge is 2.18. The van der Waals surface area contributed by atoms with Gasteiger partial charge in [-0.1, -0.05) is 41.7 Å². The number of nitrogens with one attached hydrogen (secondary N) is 3. The molecular formula is C17H17N5O2S. The number of amides is 3. The Balaban J connectivity index is 1.86. The van der Waals surface area contributed by atoms with E-state index in [2.05, 4.69) is 20.9 Å². The Kier molecular flexibility index (Phi) is 4.80. The third kappa shape index (κ3) is 3.86. The van der Waals surface area contributed by atoms with Crippen LogP contribution in [0.2, 0.25) is 0 Å². The molecule has 8 heteroatoms. The number of carbonyl (C=O) groups is 2. The number of nitrogens with zero attached hydrogens (tertiary/aromatic N) is 1. The molecule has 3 amide bonds. The van der Waals surface area contributed by atoms with Crippen LogP contribution in [0, 0.1) is 0 Å². The number of hydrogen-bond acceptors (Lipinski definition) is 5. The van der Waals surface area contributed by atoms with Gasteiger partial charge in [0.1, 0.15) is 5.00 Å². The first-order valence-electron chi connectivity index (χ1n) is 7.68. The molecule has 0 aliphatic rings. The molecule has 0 atom stereocenters. The number of rotatable bonds is 5. The van der Waals surface area contributed by atoms with E-state index < -0.39 is 11.9 Å². The molecule has 0 radical (unpaired) electrons. The van der Waals surface area contributed by atoms with Gasteiger partial charge in [0.25, 0.3) is 5.91 Å². The van der Waals surface area contributed by atoms with E-state index in [-0.39, 0.29) is 5.69 Å². The number of thiazole rings is 1. The lowest BCUT2D eigenvalue weighted by Gasteiger charge is -2.04. The topological polar surface area (TPSA) is 109 Å². The predicted octanol–water partition coefficient (Wildman–Crippen LogP) is 3.28. The molecule has 1 aromatic heterocycles. The summed E-state index contributed by atoms with van der Waals surface area (Å²) in [7, 11) is 0. The monoisotopic (exact) mass is 355 g/mol. The quantitative estimate of drug-likeness (QED) is 0.563. The van der Waals surface area contributed by atoms with Crippen LogP contribution < -0.4 is 21.7 Å². The molecule has 0 bridgehead atoms. The second-order valence-corrected chi connectivity index (χ2v) is 6.23. The van der Waals surface area contributed by atoms with Gasteiger partial charge >= 0.3 is 6.03 Å². The molecule has 0 saturated heterocycles. The van der Waals surface area contributed by atoms with Crippen molar-refractivity contribution < 1.29 is 9.59 Å². The molecule has 0 aliphatic carbocycles. The van der Waals surface area contributed by atoms with Crippen molar-refractivity contribution in [3.63, 3.8) is 0 Å². The zero-order chi connectivity index (χ0) is 17.8. The Morgan fingerprint density at radius 1 is 1.16 bits per heavy atom. The van der Waals surface area contributed by atoms with Crippen molar-refractivity contribution in [1.82, 2.24) is 10.3 Å². The summed E-state index contributed by atoms with van der Waals surface area (Å²) in [4.78, 5) is 27.4. The summed E-state index contributed by atoms with van der Waals surface area (Å²) < 4.78 is 0.